The third-order valence-corrected chi connectivity index (χ3v) is 3.43. The maximum absolute atomic E-state index is 5.65. The van der Waals surface area contributed by atoms with Crippen molar-refractivity contribution in [3.63, 3.8) is 0 Å². The van der Waals surface area contributed by atoms with Gasteiger partial charge in [0, 0.05) is 31.0 Å². The molecule has 2 heterocycles. The van der Waals surface area contributed by atoms with Crippen molar-refractivity contribution in [3.8, 4) is 0 Å². The van der Waals surface area contributed by atoms with E-state index in [0.29, 0.717) is 11.8 Å². The van der Waals surface area contributed by atoms with E-state index in [4.69, 9.17) is 4.74 Å². The Morgan fingerprint density at radius 2 is 2.22 bits per heavy atom. The molecular weight excluding hydrogens is 226 g/mol. The van der Waals surface area contributed by atoms with Gasteiger partial charge in [-0.3, -0.25) is 0 Å². The van der Waals surface area contributed by atoms with Crippen molar-refractivity contribution in [2.75, 3.05) is 26.3 Å². The molecule has 0 atom stereocenters. The number of ether oxygens (including phenoxy) is 1. The van der Waals surface area contributed by atoms with Crippen LogP contribution in [0.1, 0.15) is 38.3 Å². The highest BCUT2D eigenvalue weighted by Gasteiger charge is 2.18. The molecular formula is C14H25N3O. The van der Waals surface area contributed by atoms with Crippen molar-refractivity contribution in [1.29, 1.82) is 0 Å². The molecule has 0 aliphatic carbocycles. The van der Waals surface area contributed by atoms with Gasteiger partial charge in [-0.2, -0.15) is 0 Å². The first kappa shape index (κ1) is 13.6. The first-order valence-corrected chi connectivity index (χ1v) is 7.06. The van der Waals surface area contributed by atoms with E-state index < -0.39 is 0 Å². The molecule has 1 saturated heterocycles. The molecule has 1 aromatic heterocycles. The molecule has 0 aromatic carbocycles. The predicted molar refractivity (Wildman–Crippen MR) is 72.7 cm³/mol. The number of hydrogen-bond acceptors (Lipinski definition) is 3. The Balaban J connectivity index is 1.83. The zero-order chi connectivity index (χ0) is 12.8. The van der Waals surface area contributed by atoms with Gasteiger partial charge in [-0.15, -0.1) is 0 Å². The molecule has 0 amide bonds. The summed E-state index contributed by atoms with van der Waals surface area (Å²) in [5, 5.41) is 3.41. The monoisotopic (exact) mass is 251 g/mol. The average molecular weight is 251 g/mol. The molecule has 0 bridgehead atoms. The smallest absolute Gasteiger partial charge is 0.0949 e. The first-order valence-electron chi connectivity index (χ1n) is 7.06. The summed E-state index contributed by atoms with van der Waals surface area (Å²) in [6.07, 6.45) is 6.41. The lowest BCUT2D eigenvalue weighted by molar-refractivity contribution is 0.102. The molecule has 1 fully saturated rings. The molecule has 0 unspecified atom stereocenters. The zero-order valence-corrected chi connectivity index (χ0v) is 11.6. The van der Waals surface area contributed by atoms with Gasteiger partial charge in [-0.05, 0) is 31.8 Å². The van der Waals surface area contributed by atoms with Crippen LogP contribution in [0.3, 0.4) is 0 Å². The maximum Gasteiger partial charge on any atom is 0.0949 e. The minimum Gasteiger partial charge on any atom is -0.379 e. The average Bonchev–Trinajstić information content (AvgIpc) is 2.84. The summed E-state index contributed by atoms with van der Waals surface area (Å²) in [5.74, 6) is 1.27. The summed E-state index contributed by atoms with van der Waals surface area (Å²) in [7, 11) is 0. The van der Waals surface area contributed by atoms with Gasteiger partial charge in [-0.25, -0.2) is 4.98 Å². The Morgan fingerprint density at radius 3 is 2.94 bits per heavy atom. The summed E-state index contributed by atoms with van der Waals surface area (Å²) >= 11 is 0. The van der Waals surface area contributed by atoms with Gasteiger partial charge in [0.05, 0.1) is 12.9 Å². The number of piperidine rings is 1. The Kier molecular flexibility index (Phi) is 5.20. The number of imidazole rings is 1. The molecule has 1 aromatic rings. The van der Waals surface area contributed by atoms with Gasteiger partial charge in [0.2, 0.25) is 0 Å². The molecule has 2 rings (SSSR count). The largest absolute Gasteiger partial charge is 0.379 e. The standard InChI is InChI=1S/C14H25N3O/c1-12(2)10-18-8-7-17-11-16-9-14(17)13-3-5-15-6-4-13/h9,11-13,15H,3-8,10H2,1-2H3. The van der Waals surface area contributed by atoms with Crippen LogP contribution in [0.4, 0.5) is 0 Å². The van der Waals surface area contributed by atoms with Crippen LogP contribution in [0.15, 0.2) is 12.5 Å². The van der Waals surface area contributed by atoms with Crippen LogP contribution >= 0.6 is 0 Å². The second kappa shape index (κ2) is 6.90. The molecule has 4 nitrogen and oxygen atoms in total. The normalized spacial score (nSPS) is 17.5. The van der Waals surface area contributed by atoms with Crippen LogP contribution in [-0.4, -0.2) is 35.9 Å². The summed E-state index contributed by atoms with van der Waals surface area (Å²) in [6.45, 7) is 9.16. The van der Waals surface area contributed by atoms with Gasteiger partial charge in [0.25, 0.3) is 0 Å². The van der Waals surface area contributed by atoms with E-state index in [1.165, 1.54) is 18.5 Å². The lowest BCUT2D eigenvalue weighted by Crippen LogP contribution is -2.27. The van der Waals surface area contributed by atoms with E-state index in [1.807, 2.05) is 12.5 Å². The minimum atomic E-state index is 0.608. The highest BCUT2D eigenvalue weighted by atomic mass is 16.5. The summed E-state index contributed by atoms with van der Waals surface area (Å²) in [6, 6.07) is 0. The lowest BCUT2D eigenvalue weighted by atomic mass is 9.95. The summed E-state index contributed by atoms with van der Waals surface area (Å²) in [4.78, 5) is 4.30. The molecule has 0 spiro atoms. The molecule has 4 heteroatoms. The molecule has 1 aliphatic heterocycles. The lowest BCUT2D eigenvalue weighted by Gasteiger charge is -2.23. The Hall–Kier alpha value is -0.870. The highest BCUT2D eigenvalue weighted by Crippen LogP contribution is 2.24. The SMILES string of the molecule is CC(C)COCCn1cncc1C1CCNCC1. The van der Waals surface area contributed by atoms with E-state index in [1.54, 1.807) is 0 Å². The Labute approximate surface area is 110 Å². The highest BCUT2D eigenvalue weighted by molar-refractivity contribution is 5.07. The first-order chi connectivity index (χ1) is 8.77. The van der Waals surface area contributed by atoms with Crippen molar-refractivity contribution in [3.05, 3.63) is 18.2 Å². The number of nitrogens with zero attached hydrogens (tertiary/aromatic N) is 2. The molecule has 18 heavy (non-hydrogen) atoms. The van der Waals surface area contributed by atoms with E-state index in [9.17, 15) is 0 Å². The molecule has 102 valence electrons. The van der Waals surface area contributed by atoms with E-state index in [0.717, 1.165) is 32.8 Å². The van der Waals surface area contributed by atoms with Gasteiger partial charge in [0.15, 0.2) is 0 Å². The molecule has 1 N–H and O–H groups in total. The van der Waals surface area contributed by atoms with E-state index >= 15 is 0 Å². The van der Waals surface area contributed by atoms with Crippen molar-refractivity contribution >= 4 is 0 Å². The second-order valence-corrected chi connectivity index (χ2v) is 5.50. The quantitative estimate of drug-likeness (QED) is 0.786. The van der Waals surface area contributed by atoms with Crippen LogP contribution in [0.5, 0.6) is 0 Å². The van der Waals surface area contributed by atoms with Gasteiger partial charge < -0.3 is 14.6 Å². The molecule has 1 aliphatic rings. The third kappa shape index (κ3) is 3.82. The van der Waals surface area contributed by atoms with Gasteiger partial charge >= 0.3 is 0 Å². The fourth-order valence-corrected chi connectivity index (χ4v) is 2.46. The predicted octanol–water partition coefficient (Wildman–Crippen LogP) is 2.02. The Morgan fingerprint density at radius 1 is 1.44 bits per heavy atom. The van der Waals surface area contributed by atoms with Crippen LogP contribution in [0.25, 0.3) is 0 Å². The fraction of sp³-hybridized carbons (Fsp3) is 0.786. The van der Waals surface area contributed by atoms with E-state index in [-0.39, 0.29) is 0 Å². The fourth-order valence-electron chi connectivity index (χ4n) is 2.46. The van der Waals surface area contributed by atoms with Crippen LogP contribution in [0.2, 0.25) is 0 Å². The number of rotatable bonds is 6. The molecule has 0 saturated carbocycles. The van der Waals surface area contributed by atoms with E-state index in [2.05, 4.69) is 28.7 Å². The van der Waals surface area contributed by atoms with Crippen molar-refractivity contribution in [2.24, 2.45) is 5.92 Å². The zero-order valence-electron chi connectivity index (χ0n) is 11.6. The van der Waals surface area contributed by atoms with Crippen molar-refractivity contribution < 1.29 is 4.74 Å². The van der Waals surface area contributed by atoms with Crippen molar-refractivity contribution in [1.82, 2.24) is 14.9 Å². The number of hydrogen-bond donors (Lipinski definition) is 1. The summed E-state index contributed by atoms with van der Waals surface area (Å²) in [5.41, 5.74) is 1.38. The third-order valence-electron chi connectivity index (χ3n) is 3.43. The molecule has 0 radical (unpaired) electrons. The van der Waals surface area contributed by atoms with Crippen molar-refractivity contribution in [2.45, 2.75) is 39.2 Å². The summed E-state index contributed by atoms with van der Waals surface area (Å²) < 4.78 is 7.91. The minimum absolute atomic E-state index is 0.608. The van der Waals surface area contributed by atoms with Crippen LogP contribution in [0, 0.1) is 5.92 Å². The Bertz CT molecular complexity index is 343. The van der Waals surface area contributed by atoms with Crippen LogP contribution in [-0.2, 0) is 11.3 Å². The number of nitrogens with one attached hydrogen (secondary N) is 1. The topological polar surface area (TPSA) is 39.1 Å². The number of aromatic nitrogens is 2. The maximum atomic E-state index is 5.65. The second-order valence-electron chi connectivity index (χ2n) is 5.50. The van der Waals surface area contributed by atoms with Gasteiger partial charge in [0.1, 0.15) is 0 Å². The van der Waals surface area contributed by atoms with Gasteiger partial charge in [-0.1, -0.05) is 13.8 Å². The van der Waals surface area contributed by atoms with Crippen LogP contribution < -0.4 is 5.32 Å².